The predicted octanol–water partition coefficient (Wildman–Crippen LogP) is 3.99. The Morgan fingerprint density at radius 2 is 1.81 bits per heavy atom. The van der Waals surface area contributed by atoms with Crippen molar-refractivity contribution in [2.45, 2.75) is 6.61 Å². The predicted molar refractivity (Wildman–Crippen MR) is 97.9 cm³/mol. The average molecular weight is 346 g/mol. The molecule has 2 heterocycles. The number of aromatic nitrogens is 3. The van der Waals surface area contributed by atoms with Gasteiger partial charge in [0, 0.05) is 24.0 Å². The second-order valence-electron chi connectivity index (χ2n) is 5.74. The number of ether oxygens (including phenoxy) is 1. The molecule has 26 heavy (non-hydrogen) atoms. The molecule has 0 unspecified atom stereocenters. The summed E-state index contributed by atoms with van der Waals surface area (Å²) in [6.07, 6.45) is 3.20. The molecule has 2 N–H and O–H groups in total. The lowest BCUT2D eigenvalue weighted by Gasteiger charge is -2.11. The minimum absolute atomic E-state index is 0.155. The van der Waals surface area contributed by atoms with Crippen molar-refractivity contribution in [1.29, 1.82) is 0 Å². The molecule has 2 aromatic carbocycles. The van der Waals surface area contributed by atoms with Gasteiger partial charge in [-0.1, -0.05) is 30.3 Å². The number of nitrogens with zero attached hydrogens (tertiary/aromatic N) is 3. The van der Waals surface area contributed by atoms with Gasteiger partial charge in [0.15, 0.2) is 5.82 Å². The lowest BCUT2D eigenvalue weighted by Crippen LogP contribution is -2.01. The van der Waals surface area contributed by atoms with E-state index < -0.39 is 5.82 Å². The first kappa shape index (κ1) is 16.0. The van der Waals surface area contributed by atoms with Gasteiger partial charge in [0.2, 0.25) is 0 Å². The van der Waals surface area contributed by atoms with Crippen LogP contribution in [0.5, 0.6) is 5.75 Å². The van der Waals surface area contributed by atoms with Crippen LogP contribution in [0.3, 0.4) is 0 Å². The quantitative estimate of drug-likeness (QED) is 0.566. The molecular weight excluding hydrogens is 331 g/mol. The molecule has 2 aromatic heterocycles. The van der Waals surface area contributed by atoms with E-state index >= 15 is 0 Å². The summed E-state index contributed by atoms with van der Waals surface area (Å²) in [5.41, 5.74) is 8.68. The van der Waals surface area contributed by atoms with Crippen molar-refractivity contribution in [3.8, 4) is 17.1 Å². The van der Waals surface area contributed by atoms with Gasteiger partial charge in [-0.3, -0.25) is 4.98 Å². The summed E-state index contributed by atoms with van der Waals surface area (Å²) in [7, 11) is 0. The zero-order valence-corrected chi connectivity index (χ0v) is 13.8. The summed E-state index contributed by atoms with van der Waals surface area (Å²) >= 11 is 0. The summed E-state index contributed by atoms with van der Waals surface area (Å²) in [6.45, 7) is 0.331. The molecule has 0 amide bonds. The molecule has 128 valence electrons. The molecule has 0 saturated heterocycles. The van der Waals surface area contributed by atoms with E-state index in [1.54, 1.807) is 30.6 Å². The van der Waals surface area contributed by atoms with Crippen molar-refractivity contribution in [1.82, 2.24) is 15.0 Å². The number of anilines is 1. The van der Waals surface area contributed by atoms with Crippen LogP contribution in [0.25, 0.3) is 22.4 Å². The second-order valence-corrected chi connectivity index (χ2v) is 5.74. The van der Waals surface area contributed by atoms with Crippen molar-refractivity contribution < 1.29 is 9.13 Å². The molecule has 0 aliphatic rings. The number of nitrogen functional groups attached to an aromatic ring is 1. The van der Waals surface area contributed by atoms with Gasteiger partial charge in [0.05, 0.1) is 17.3 Å². The van der Waals surface area contributed by atoms with E-state index in [0.29, 0.717) is 23.4 Å². The summed E-state index contributed by atoms with van der Waals surface area (Å²) in [5.74, 6) is 0.0430. The fourth-order valence-corrected chi connectivity index (χ4v) is 2.65. The maximum absolute atomic E-state index is 14.7. The Morgan fingerprint density at radius 1 is 0.962 bits per heavy atom. The molecular formula is C20H15FN4O. The van der Waals surface area contributed by atoms with Crippen LogP contribution >= 0.6 is 0 Å². The number of fused-ring (bicyclic) bond motifs is 1. The Kier molecular flexibility index (Phi) is 4.15. The van der Waals surface area contributed by atoms with Crippen LogP contribution in [-0.4, -0.2) is 15.0 Å². The summed E-state index contributed by atoms with van der Waals surface area (Å²) in [4.78, 5) is 12.7. The smallest absolute Gasteiger partial charge is 0.164 e. The highest BCUT2D eigenvalue weighted by molar-refractivity contribution is 5.79. The molecule has 0 aliphatic heterocycles. The standard InChI is InChI=1S/C20H15FN4O/c21-15-9-14(26-12-13-5-2-1-3-6-13)10-16(22)19(15)20-24-11-18-17(25-20)7-4-8-23-18/h1-11H,12,22H2. The summed E-state index contributed by atoms with van der Waals surface area (Å²) in [5, 5.41) is 0. The highest BCUT2D eigenvalue weighted by atomic mass is 19.1. The lowest BCUT2D eigenvalue weighted by atomic mass is 10.1. The minimum atomic E-state index is -0.531. The molecule has 5 nitrogen and oxygen atoms in total. The molecule has 0 spiro atoms. The van der Waals surface area contributed by atoms with E-state index in [1.807, 2.05) is 30.3 Å². The van der Waals surface area contributed by atoms with Gasteiger partial charge in [-0.2, -0.15) is 0 Å². The van der Waals surface area contributed by atoms with Gasteiger partial charge in [-0.25, -0.2) is 14.4 Å². The van der Waals surface area contributed by atoms with Crippen molar-refractivity contribution in [2.75, 3.05) is 5.73 Å². The zero-order chi connectivity index (χ0) is 17.9. The first-order valence-electron chi connectivity index (χ1n) is 8.04. The Hall–Kier alpha value is -3.54. The van der Waals surface area contributed by atoms with E-state index in [4.69, 9.17) is 10.5 Å². The number of nitrogens with two attached hydrogens (primary N) is 1. The Balaban J connectivity index is 1.64. The number of halogens is 1. The highest BCUT2D eigenvalue weighted by Crippen LogP contribution is 2.31. The van der Waals surface area contributed by atoms with Crippen LogP contribution in [0.4, 0.5) is 10.1 Å². The van der Waals surface area contributed by atoms with Crippen molar-refractivity contribution in [2.24, 2.45) is 0 Å². The molecule has 0 bridgehead atoms. The Morgan fingerprint density at radius 3 is 2.62 bits per heavy atom. The average Bonchev–Trinajstić information content (AvgIpc) is 2.66. The van der Waals surface area contributed by atoms with E-state index in [-0.39, 0.29) is 17.1 Å². The highest BCUT2D eigenvalue weighted by Gasteiger charge is 2.15. The van der Waals surface area contributed by atoms with Crippen LogP contribution in [0.2, 0.25) is 0 Å². The number of hydrogen-bond donors (Lipinski definition) is 1. The van der Waals surface area contributed by atoms with Crippen molar-refractivity contribution in [3.05, 3.63) is 78.4 Å². The van der Waals surface area contributed by atoms with Gasteiger partial charge in [0.25, 0.3) is 0 Å². The van der Waals surface area contributed by atoms with Crippen LogP contribution in [0.1, 0.15) is 5.56 Å². The van der Waals surface area contributed by atoms with Crippen LogP contribution < -0.4 is 10.5 Å². The summed E-state index contributed by atoms with van der Waals surface area (Å²) < 4.78 is 20.3. The third kappa shape index (κ3) is 3.17. The van der Waals surface area contributed by atoms with Crippen LogP contribution in [0, 0.1) is 5.82 Å². The van der Waals surface area contributed by atoms with Gasteiger partial charge < -0.3 is 10.5 Å². The largest absolute Gasteiger partial charge is 0.489 e. The molecule has 0 atom stereocenters. The first-order chi connectivity index (χ1) is 12.7. The fourth-order valence-electron chi connectivity index (χ4n) is 2.65. The molecule has 4 rings (SSSR count). The molecule has 0 radical (unpaired) electrons. The third-order valence-corrected chi connectivity index (χ3v) is 3.92. The topological polar surface area (TPSA) is 73.9 Å². The monoisotopic (exact) mass is 346 g/mol. The van der Waals surface area contributed by atoms with E-state index in [2.05, 4.69) is 15.0 Å². The Labute approximate surface area is 149 Å². The number of rotatable bonds is 4. The molecule has 0 aliphatic carbocycles. The van der Waals surface area contributed by atoms with Crippen LogP contribution in [0.15, 0.2) is 67.0 Å². The molecule has 0 saturated carbocycles. The fraction of sp³-hybridized carbons (Fsp3) is 0.0500. The zero-order valence-electron chi connectivity index (χ0n) is 13.8. The maximum Gasteiger partial charge on any atom is 0.164 e. The lowest BCUT2D eigenvalue weighted by molar-refractivity contribution is 0.305. The van der Waals surface area contributed by atoms with E-state index in [9.17, 15) is 4.39 Å². The second kappa shape index (κ2) is 6.76. The Bertz CT molecular complexity index is 1050. The van der Waals surface area contributed by atoms with Crippen LogP contribution in [-0.2, 0) is 6.61 Å². The van der Waals surface area contributed by atoms with Gasteiger partial charge in [0.1, 0.15) is 23.7 Å². The molecule has 0 fully saturated rings. The number of pyridine rings is 1. The minimum Gasteiger partial charge on any atom is -0.489 e. The maximum atomic E-state index is 14.7. The van der Waals surface area contributed by atoms with Gasteiger partial charge in [-0.15, -0.1) is 0 Å². The van der Waals surface area contributed by atoms with E-state index in [1.165, 1.54) is 6.07 Å². The van der Waals surface area contributed by atoms with Crippen molar-refractivity contribution in [3.63, 3.8) is 0 Å². The SMILES string of the molecule is Nc1cc(OCc2ccccc2)cc(F)c1-c1ncc2ncccc2n1. The molecule has 6 heteroatoms. The van der Waals surface area contributed by atoms with Gasteiger partial charge >= 0.3 is 0 Å². The number of benzene rings is 2. The summed E-state index contributed by atoms with van der Waals surface area (Å²) in [6, 6.07) is 16.1. The van der Waals surface area contributed by atoms with Gasteiger partial charge in [-0.05, 0) is 17.7 Å². The normalized spacial score (nSPS) is 10.8. The first-order valence-corrected chi connectivity index (χ1v) is 8.04. The van der Waals surface area contributed by atoms with Crippen molar-refractivity contribution >= 4 is 16.7 Å². The van der Waals surface area contributed by atoms with E-state index in [0.717, 1.165) is 5.56 Å². The third-order valence-electron chi connectivity index (χ3n) is 3.92. The molecule has 4 aromatic rings. The number of hydrogen-bond acceptors (Lipinski definition) is 5.